The van der Waals surface area contributed by atoms with Crippen LogP contribution >= 0.6 is 0 Å². The smallest absolute Gasteiger partial charge is 0.408 e. The van der Waals surface area contributed by atoms with Crippen LogP contribution in [0, 0.1) is 11.8 Å². The Balaban J connectivity index is 2.59. The number of alkyl carbamates (subject to hydrolysis) is 1. The number of carbonyl (C=O) groups excluding carboxylic acids is 2. The molecule has 38 heavy (non-hydrogen) atoms. The third-order valence-corrected chi connectivity index (χ3v) is 7.36. The van der Waals surface area contributed by atoms with Crippen molar-refractivity contribution in [2.45, 2.75) is 161 Å². The van der Waals surface area contributed by atoms with Crippen LogP contribution < -0.4 is 10.6 Å². The highest BCUT2D eigenvalue weighted by Crippen LogP contribution is 2.28. The normalized spacial score (nSPS) is 17.9. The molecular weight excluding hydrogens is 480 g/mol. The van der Waals surface area contributed by atoms with Gasteiger partial charge in [-0.3, -0.25) is 4.79 Å². The third kappa shape index (κ3) is 15.7. The van der Waals surface area contributed by atoms with Gasteiger partial charge in [-0.1, -0.05) is 97.0 Å². The van der Waals surface area contributed by atoms with Crippen LogP contribution in [0.25, 0.3) is 0 Å². The van der Waals surface area contributed by atoms with E-state index in [0.717, 1.165) is 25.2 Å². The predicted molar refractivity (Wildman–Crippen MR) is 155 cm³/mol. The monoisotopic (exact) mass is 538 g/mol. The van der Waals surface area contributed by atoms with Crippen molar-refractivity contribution >= 4 is 12.0 Å². The maximum Gasteiger partial charge on any atom is 0.408 e. The Bertz CT molecular complexity index is 670. The zero-order chi connectivity index (χ0) is 28.6. The minimum atomic E-state index is -1.08. The van der Waals surface area contributed by atoms with E-state index in [9.17, 15) is 19.8 Å². The number of unbranched alkanes of at least 4 members (excludes halogenated alkanes) is 5. The minimum absolute atomic E-state index is 0.215. The van der Waals surface area contributed by atoms with Gasteiger partial charge in [0.1, 0.15) is 11.6 Å². The van der Waals surface area contributed by atoms with Crippen LogP contribution in [0.1, 0.15) is 131 Å². The zero-order valence-corrected chi connectivity index (χ0v) is 25.0. The molecule has 0 spiro atoms. The maximum absolute atomic E-state index is 13.1. The molecule has 0 aliphatic heterocycles. The molecule has 1 fully saturated rings. The number of amides is 2. The standard InChI is InChI=1S/C31H58N2O5/c1-7-17-26(33-30(37)38-31(4,5)6)29(36)32-25(28(35)27(34)22-23(2)3)21-16-11-9-8-10-13-18-24-19-14-12-15-20-24/h7,23-28,34-35H,1,8-22H2,2-6H3,(H,32,36)(H,33,37)/t25-,26-,27-,28+/m0/s1. The minimum Gasteiger partial charge on any atom is -0.444 e. The number of ether oxygens (including phenoxy) is 1. The predicted octanol–water partition coefficient (Wildman–Crippen LogP) is 6.41. The second-order valence-electron chi connectivity index (χ2n) is 12.7. The van der Waals surface area contributed by atoms with Crippen LogP contribution in [-0.4, -0.2) is 52.1 Å². The lowest BCUT2D eigenvalue weighted by Crippen LogP contribution is -2.55. The molecular formula is C31H58N2O5. The Morgan fingerprint density at radius 1 is 0.974 bits per heavy atom. The first-order chi connectivity index (χ1) is 17.9. The summed E-state index contributed by atoms with van der Waals surface area (Å²) in [5, 5.41) is 27.0. The van der Waals surface area contributed by atoms with Gasteiger partial charge in [0, 0.05) is 0 Å². The molecule has 4 atom stereocenters. The van der Waals surface area contributed by atoms with Gasteiger partial charge in [0.25, 0.3) is 0 Å². The Hall–Kier alpha value is -1.60. The largest absolute Gasteiger partial charge is 0.444 e. The van der Waals surface area contributed by atoms with Gasteiger partial charge >= 0.3 is 6.09 Å². The summed E-state index contributed by atoms with van der Waals surface area (Å²) < 4.78 is 5.30. The summed E-state index contributed by atoms with van der Waals surface area (Å²) in [7, 11) is 0. The molecule has 0 unspecified atom stereocenters. The quantitative estimate of drug-likeness (QED) is 0.119. The van der Waals surface area contributed by atoms with Gasteiger partial charge in [-0.05, 0) is 51.9 Å². The van der Waals surface area contributed by atoms with Gasteiger partial charge < -0.3 is 25.6 Å². The molecule has 0 saturated heterocycles. The number of nitrogens with one attached hydrogen (secondary N) is 2. The highest BCUT2D eigenvalue weighted by atomic mass is 16.6. The Kier molecular flexibility index (Phi) is 16.9. The molecule has 0 aromatic heterocycles. The summed E-state index contributed by atoms with van der Waals surface area (Å²) in [5.74, 6) is 0.743. The van der Waals surface area contributed by atoms with Crippen molar-refractivity contribution in [2.75, 3.05) is 0 Å². The molecule has 0 bridgehead atoms. The molecule has 1 saturated carbocycles. The first-order valence-corrected chi connectivity index (χ1v) is 15.2. The summed E-state index contributed by atoms with van der Waals surface area (Å²) in [6.45, 7) is 12.9. The zero-order valence-electron chi connectivity index (χ0n) is 25.0. The van der Waals surface area contributed by atoms with Gasteiger partial charge in [0.15, 0.2) is 0 Å². The molecule has 0 aromatic carbocycles. The molecule has 4 N–H and O–H groups in total. The summed E-state index contributed by atoms with van der Waals surface area (Å²) in [6.07, 6.45) is 15.3. The van der Waals surface area contributed by atoms with Crippen molar-refractivity contribution in [3.05, 3.63) is 12.7 Å². The van der Waals surface area contributed by atoms with Crippen LogP contribution in [0.15, 0.2) is 12.7 Å². The van der Waals surface area contributed by atoms with Gasteiger partial charge in [-0.2, -0.15) is 0 Å². The number of aliphatic hydroxyl groups is 2. The van der Waals surface area contributed by atoms with Crippen molar-refractivity contribution in [1.82, 2.24) is 10.6 Å². The van der Waals surface area contributed by atoms with Crippen LogP contribution in [0.2, 0.25) is 0 Å². The van der Waals surface area contributed by atoms with Gasteiger partial charge in [-0.15, -0.1) is 6.58 Å². The van der Waals surface area contributed by atoms with Crippen molar-refractivity contribution in [2.24, 2.45) is 11.8 Å². The third-order valence-electron chi connectivity index (χ3n) is 7.36. The second kappa shape index (κ2) is 18.6. The number of rotatable bonds is 18. The van der Waals surface area contributed by atoms with Crippen molar-refractivity contribution < 1.29 is 24.5 Å². The number of hydrogen-bond acceptors (Lipinski definition) is 5. The summed E-state index contributed by atoms with van der Waals surface area (Å²) >= 11 is 0. The van der Waals surface area contributed by atoms with E-state index in [4.69, 9.17) is 4.74 Å². The lowest BCUT2D eigenvalue weighted by atomic mass is 9.85. The van der Waals surface area contributed by atoms with E-state index in [1.807, 2.05) is 13.8 Å². The average molecular weight is 539 g/mol. The molecule has 222 valence electrons. The van der Waals surface area contributed by atoms with E-state index in [2.05, 4.69) is 17.2 Å². The van der Waals surface area contributed by atoms with Crippen molar-refractivity contribution in [3.8, 4) is 0 Å². The van der Waals surface area contributed by atoms with E-state index in [1.54, 1.807) is 26.8 Å². The van der Waals surface area contributed by atoms with Crippen LogP contribution in [0.3, 0.4) is 0 Å². The fourth-order valence-electron chi connectivity index (χ4n) is 5.33. The number of carbonyl (C=O) groups is 2. The SMILES string of the molecule is C=CC[C@H](NC(=O)OC(C)(C)C)C(=O)N[C@@H](CCCCCCCCC1CCCCC1)[C@@H](O)[C@@H](O)CC(C)C. The highest BCUT2D eigenvalue weighted by molar-refractivity contribution is 5.86. The molecule has 1 aliphatic carbocycles. The molecule has 2 amide bonds. The Morgan fingerprint density at radius 3 is 2.16 bits per heavy atom. The molecule has 7 nitrogen and oxygen atoms in total. The van der Waals surface area contributed by atoms with Gasteiger partial charge in [-0.25, -0.2) is 4.79 Å². The number of aliphatic hydroxyl groups excluding tert-OH is 2. The summed E-state index contributed by atoms with van der Waals surface area (Å²) in [5.41, 5.74) is -0.686. The van der Waals surface area contributed by atoms with Crippen molar-refractivity contribution in [3.63, 3.8) is 0 Å². The average Bonchev–Trinajstić information content (AvgIpc) is 2.83. The fraction of sp³-hybridized carbons (Fsp3) is 0.871. The first kappa shape index (κ1) is 34.4. The van der Waals surface area contributed by atoms with Crippen LogP contribution in [0.4, 0.5) is 4.79 Å². The second-order valence-corrected chi connectivity index (χ2v) is 12.7. The van der Waals surface area contributed by atoms with Crippen LogP contribution in [-0.2, 0) is 9.53 Å². The summed E-state index contributed by atoms with van der Waals surface area (Å²) in [6, 6.07) is -1.47. The molecule has 1 rings (SSSR count). The van der Waals surface area contributed by atoms with Gasteiger partial charge in [0.2, 0.25) is 5.91 Å². The molecule has 7 heteroatoms. The van der Waals surface area contributed by atoms with Crippen molar-refractivity contribution in [1.29, 1.82) is 0 Å². The van der Waals surface area contributed by atoms with E-state index in [-0.39, 0.29) is 12.3 Å². The first-order valence-electron chi connectivity index (χ1n) is 15.2. The van der Waals surface area contributed by atoms with E-state index < -0.39 is 41.9 Å². The molecule has 0 radical (unpaired) electrons. The highest BCUT2D eigenvalue weighted by Gasteiger charge is 2.31. The lowest BCUT2D eigenvalue weighted by Gasteiger charge is -2.30. The Morgan fingerprint density at radius 2 is 1.58 bits per heavy atom. The fourth-order valence-corrected chi connectivity index (χ4v) is 5.33. The van der Waals surface area contributed by atoms with E-state index in [1.165, 1.54) is 57.8 Å². The molecule has 1 aliphatic rings. The maximum atomic E-state index is 13.1. The van der Waals surface area contributed by atoms with Crippen LogP contribution in [0.5, 0.6) is 0 Å². The van der Waals surface area contributed by atoms with E-state index >= 15 is 0 Å². The Labute approximate surface area is 232 Å². The lowest BCUT2D eigenvalue weighted by molar-refractivity contribution is -0.125. The van der Waals surface area contributed by atoms with E-state index in [0.29, 0.717) is 12.8 Å². The molecule has 0 aromatic rings. The van der Waals surface area contributed by atoms with Gasteiger partial charge in [0.05, 0.1) is 18.2 Å². The summed E-state index contributed by atoms with van der Waals surface area (Å²) in [4.78, 5) is 25.4. The molecule has 0 heterocycles. The topological polar surface area (TPSA) is 108 Å². The number of hydrogen-bond donors (Lipinski definition) is 4.